The number of nitrogens with two attached hydrogens (primary N) is 2. The number of hydrogen-bond acceptors (Lipinski definition) is 4. The summed E-state index contributed by atoms with van der Waals surface area (Å²) < 4.78 is 1.50. The molecule has 3 amide bonds. The Morgan fingerprint density at radius 1 is 1.22 bits per heavy atom. The van der Waals surface area contributed by atoms with E-state index in [9.17, 15) is 14.4 Å². The quantitative estimate of drug-likeness (QED) is 0.622. The first-order chi connectivity index (χ1) is 10.9. The standard InChI is InChI=1S/C14H14ClN5O3/c15-10-4-2-1-3-8(10)6-20-7-9(5-18-20)14(23)19-11(12(16)21)13(17)22/h1-5,7,11H,6H2,(H2,16,21)(H2,17,22)(H,19,23). The van der Waals surface area contributed by atoms with Gasteiger partial charge in [-0.05, 0) is 11.6 Å². The van der Waals surface area contributed by atoms with Crippen molar-refractivity contribution >= 4 is 29.3 Å². The molecule has 2 rings (SSSR count). The Hall–Kier alpha value is -2.87. The number of primary amides is 2. The Labute approximate surface area is 136 Å². The van der Waals surface area contributed by atoms with Crippen LogP contribution >= 0.6 is 11.6 Å². The molecule has 0 atom stereocenters. The van der Waals surface area contributed by atoms with Crippen molar-refractivity contribution in [1.82, 2.24) is 15.1 Å². The number of nitrogens with one attached hydrogen (secondary N) is 1. The SMILES string of the molecule is NC(=O)C(NC(=O)c1cnn(Cc2ccccc2Cl)c1)C(N)=O. The molecule has 120 valence electrons. The zero-order valence-electron chi connectivity index (χ0n) is 11.9. The molecule has 23 heavy (non-hydrogen) atoms. The number of aromatic nitrogens is 2. The number of carbonyl (C=O) groups excluding carboxylic acids is 3. The van der Waals surface area contributed by atoms with Gasteiger partial charge in [-0.2, -0.15) is 5.10 Å². The second kappa shape index (κ2) is 6.93. The van der Waals surface area contributed by atoms with Gasteiger partial charge in [-0.3, -0.25) is 19.1 Å². The molecule has 1 heterocycles. The summed E-state index contributed by atoms with van der Waals surface area (Å²) in [5.41, 5.74) is 11.0. The lowest BCUT2D eigenvalue weighted by Gasteiger charge is -2.10. The molecule has 0 bridgehead atoms. The molecule has 0 aliphatic carbocycles. The highest BCUT2D eigenvalue weighted by molar-refractivity contribution is 6.31. The third-order valence-corrected chi connectivity index (χ3v) is 3.40. The van der Waals surface area contributed by atoms with Crippen LogP contribution < -0.4 is 16.8 Å². The lowest BCUT2D eigenvalue weighted by atomic mass is 10.2. The maximum Gasteiger partial charge on any atom is 0.255 e. The van der Waals surface area contributed by atoms with Crippen molar-refractivity contribution in [2.24, 2.45) is 11.5 Å². The van der Waals surface area contributed by atoms with E-state index in [0.29, 0.717) is 11.6 Å². The second-order valence-electron chi connectivity index (χ2n) is 4.73. The minimum Gasteiger partial charge on any atom is -0.367 e. The van der Waals surface area contributed by atoms with Gasteiger partial charge in [0.25, 0.3) is 5.91 Å². The van der Waals surface area contributed by atoms with Gasteiger partial charge in [0, 0.05) is 11.2 Å². The van der Waals surface area contributed by atoms with E-state index in [4.69, 9.17) is 23.1 Å². The number of carbonyl (C=O) groups is 3. The molecule has 8 nitrogen and oxygen atoms in total. The molecule has 1 aromatic carbocycles. The fourth-order valence-corrected chi connectivity index (χ4v) is 2.06. The zero-order valence-corrected chi connectivity index (χ0v) is 12.7. The van der Waals surface area contributed by atoms with E-state index < -0.39 is 23.8 Å². The molecule has 9 heteroatoms. The van der Waals surface area contributed by atoms with Gasteiger partial charge in [0.1, 0.15) is 0 Å². The van der Waals surface area contributed by atoms with Crippen molar-refractivity contribution in [1.29, 1.82) is 0 Å². The molecule has 0 fully saturated rings. The smallest absolute Gasteiger partial charge is 0.255 e. The molecule has 5 N–H and O–H groups in total. The average Bonchev–Trinajstić information content (AvgIpc) is 2.95. The average molecular weight is 336 g/mol. The monoisotopic (exact) mass is 335 g/mol. The Balaban J connectivity index is 2.09. The van der Waals surface area contributed by atoms with Crippen LogP contribution in [-0.4, -0.2) is 33.5 Å². The van der Waals surface area contributed by atoms with Gasteiger partial charge in [0.15, 0.2) is 6.04 Å². The Morgan fingerprint density at radius 2 is 1.87 bits per heavy atom. The number of halogens is 1. The van der Waals surface area contributed by atoms with Crippen molar-refractivity contribution in [3.8, 4) is 0 Å². The largest absolute Gasteiger partial charge is 0.367 e. The van der Waals surface area contributed by atoms with Gasteiger partial charge in [0.05, 0.1) is 18.3 Å². The molecule has 0 spiro atoms. The summed E-state index contributed by atoms with van der Waals surface area (Å²) in [6.07, 6.45) is 2.75. The lowest BCUT2D eigenvalue weighted by molar-refractivity contribution is -0.128. The first-order valence-corrected chi connectivity index (χ1v) is 6.91. The van der Waals surface area contributed by atoms with Gasteiger partial charge < -0.3 is 16.8 Å². The third-order valence-electron chi connectivity index (χ3n) is 3.03. The Morgan fingerprint density at radius 3 is 2.48 bits per heavy atom. The van der Waals surface area contributed by atoms with Crippen LogP contribution in [0.5, 0.6) is 0 Å². The van der Waals surface area contributed by atoms with E-state index >= 15 is 0 Å². The molecule has 0 unspecified atom stereocenters. The third kappa shape index (κ3) is 4.07. The van der Waals surface area contributed by atoms with Crippen LogP contribution in [0.1, 0.15) is 15.9 Å². The van der Waals surface area contributed by atoms with Crippen molar-refractivity contribution in [2.75, 3.05) is 0 Å². The highest BCUT2D eigenvalue weighted by Crippen LogP contribution is 2.16. The number of hydrogen-bond donors (Lipinski definition) is 3. The van der Waals surface area contributed by atoms with Crippen LogP contribution in [0.15, 0.2) is 36.7 Å². The summed E-state index contributed by atoms with van der Waals surface area (Å²) >= 11 is 6.06. The van der Waals surface area contributed by atoms with Gasteiger partial charge in [-0.1, -0.05) is 29.8 Å². The Kier molecular flexibility index (Phi) is 4.97. The molecule has 0 aliphatic rings. The predicted molar refractivity (Wildman–Crippen MR) is 82.4 cm³/mol. The van der Waals surface area contributed by atoms with Crippen LogP contribution in [0.4, 0.5) is 0 Å². The van der Waals surface area contributed by atoms with Gasteiger partial charge in [0.2, 0.25) is 11.8 Å². The highest BCUT2D eigenvalue weighted by Gasteiger charge is 2.24. The second-order valence-corrected chi connectivity index (χ2v) is 5.14. The fraction of sp³-hybridized carbons (Fsp3) is 0.143. The van der Waals surface area contributed by atoms with Gasteiger partial charge in [-0.25, -0.2) is 0 Å². The number of rotatable bonds is 6. The topological polar surface area (TPSA) is 133 Å². The fourth-order valence-electron chi connectivity index (χ4n) is 1.87. The van der Waals surface area contributed by atoms with Crippen LogP contribution in [0, 0.1) is 0 Å². The number of benzene rings is 1. The van der Waals surface area contributed by atoms with Crippen LogP contribution in [0.3, 0.4) is 0 Å². The molecule has 0 radical (unpaired) electrons. The molecular weight excluding hydrogens is 322 g/mol. The predicted octanol–water partition coefficient (Wildman–Crippen LogP) is -0.346. The normalized spacial score (nSPS) is 10.5. The van der Waals surface area contributed by atoms with E-state index in [-0.39, 0.29) is 5.56 Å². The summed E-state index contributed by atoms with van der Waals surface area (Å²) in [5, 5.41) is 6.77. The van der Waals surface area contributed by atoms with Crippen molar-refractivity contribution < 1.29 is 14.4 Å². The van der Waals surface area contributed by atoms with Crippen molar-refractivity contribution in [3.63, 3.8) is 0 Å². The summed E-state index contributed by atoms with van der Waals surface area (Å²) in [4.78, 5) is 34.1. The van der Waals surface area contributed by atoms with Crippen molar-refractivity contribution in [2.45, 2.75) is 12.6 Å². The summed E-state index contributed by atoms with van der Waals surface area (Å²) in [5.74, 6) is -2.75. The van der Waals surface area contributed by atoms with Crippen molar-refractivity contribution in [3.05, 3.63) is 52.8 Å². The van der Waals surface area contributed by atoms with Crippen LogP contribution in [-0.2, 0) is 16.1 Å². The summed E-state index contributed by atoms with van der Waals surface area (Å²) in [7, 11) is 0. The van der Waals surface area contributed by atoms with Crippen LogP contribution in [0.25, 0.3) is 0 Å². The highest BCUT2D eigenvalue weighted by atomic mass is 35.5. The minimum absolute atomic E-state index is 0.157. The molecule has 1 aromatic heterocycles. The summed E-state index contributed by atoms with van der Waals surface area (Å²) in [6, 6.07) is 5.65. The minimum atomic E-state index is -1.57. The Bertz CT molecular complexity index is 744. The number of nitrogens with zero attached hydrogens (tertiary/aromatic N) is 2. The molecule has 0 saturated heterocycles. The van der Waals surface area contributed by atoms with Crippen LogP contribution in [0.2, 0.25) is 5.02 Å². The molecule has 2 aromatic rings. The number of amides is 3. The zero-order chi connectivity index (χ0) is 17.0. The first kappa shape index (κ1) is 16.5. The van der Waals surface area contributed by atoms with E-state index in [1.54, 1.807) is 6.07 Å². The maximum absolute atomic E-state index is 12.0. The summed E-state index contributed by atoms with van der Waals surface area (Å²) in [6.45, 7) is 0.363. The van der Waals surface area contributed by atoms with E-state index in [1.165, 1.54) is 17.1 Å². The van der Waals surface area contributed by atoms with E-state index in [2.05, 4.69) is 10.4 Å². The molecular formula is C14H14ClN5O3. The molecule has 0 aliphatic heterocycles. The van der Waals surface area contributed by atoms with Gasteiger partial charge in [-0.15, -0.1) is 0 Å². The lowest BCUT2D eigenvalue weighted by Crippen LogP contribution is -2.52. The van der Waals surface area contributed by atoms with E-state index in [0.717, 1.165) is 5.56 Å². The first-order valence-electron chi connectivity index (χ1n) is 6.54. The molecule has 0 saturated carbocycles. The van der Waals surface area contributed by atoms with E-state index in [1.807, 2.05) is 18.2 Å². The maximum atomic E-state index is 12.0. The van der Waals surface area contributed by atoms with Gasteiger partial charge >= 0.3 is 0 Å².